The van der Waals surface area contributed by atoms with Gasteiger partial charge in [-0.25, -0.2) is 0 Å². The van der Waals surface area contributed by atoms with Crippen molar-refractivity contribution in [2.45, 2.75) is 18.4 Å². The molecule has 1 aromatic heterocycles. The monoisotopic (exact) mass is 283 g/mol. The van der Waals surface area contributed by atoms with Crippen LogP contribution in [0.1, 0.15) is 22.5 Å². The van der Waals surface area contributed by atoms with E-state index in [9.17, 15) is 10.1 Å². The lowest BCUT2D eigenvalue weighted by Crippen LogP contribution is -2.53. The van der Waals surface area contributed by atoms with Crippen molar-refractivity contribution in [3.63, 3.8) is 0 Å². The minimum absolute atomic E-state index is 0.249. The predicted molar refractivity (Wildman–Crippen MR) is 71.9 cm³/mol. The molecule has 0 unspecified atom stereocenters. The first-order valence-electron chi connectivity index (χ1n) is 5.72. The number of nitrogens with zero attached hydrogens (tertiary/aromatic N) is 2. The van der Waals surface area contributed by atoms with E-state index < -0.39 is 5.54 Å². The van der Waals surface area contributed by atoms with Crippen LogP contribution in [-0.4, -0.2) is 36.5 Å². The first-order chi connectivity index (χ1) is 8.56. The average molecular weight is 284 g/mol. The van der Waals surface area contributed by atoms with Crippen LogP contribution in [0.3, 0.4) is 0 Å². The highest BCUT2D eigenvalue weighted by Gasteiger charge is 2.36. The van der Waals surface area contributed by atoms with Crippen LogP contribution in [-0.2, 0) is 0 Å². The minimum Gasteiger partial charge on any atom is -0.333 e. The molecule has 1 fully saturated rings. The third-order valence-electron chi connectivity index (χ3n) is 3.23. The summed E-state index contributed by atoms with van der Waals surface area (Å²) in [6.07, 6.45) is 1.30. The fraction of sp³-hybridized carbons (Fsp3) is 0.500. The molecule has 96 valence electrons. The molecule has 0 saturated carbocycles. The van der Waals surface area contributed by atoms with E-state index in [1.54, 1.807) is 11.4 Å². The molecule has 0 bridgehead atoms. The first kappa shape index (κ1) is 13.3. The summed E-state index contributed by atoms with van der Waals surface area (Å²) in [6, 6.07) is 3.94. The fourth-order valence-electron chi connectivity index (χ4n) is 1.99. The molecular formula is C12H14ClN3OS. The van der Waals surface area contributed by atoms with Gasteiger partial charge in [0.15, 0.2) is 0 Å². The number of thiophene rings is 1. The molecule has 0 radical (unpaired) electrons. The third-order valence-corrected chi connectivity index (χ3v) is 4.57. The Hall–Kier alpha value is -1.09. The van der Waals surface area contributed by atoms with Crippen LogP contribution in [0.2, 0.25) is 5.02 Å². The number of hydrogen-bond donors (Lipinski definition) is 1. The molecule has 1 aromatic rings. The third kappa shape index (κ3) is 2.66. The van der Waals surface area contributed by atoms with Crippen LogP contribution in [0.25, 0.3) is 0 Å². The van der Waals surface area contributed by atoms with Gasteiger partial charge in [0, 0.05) is 13.1 Å². The lowest BCUT2D eigenvalue weighted by molar-refractivity contribution is 0.0886. The summed E-state index contributed by atoms with van der Waals surface area (Å²) in [5.41, 5.74) is -0.753. The number of hydrogen-bond acceptors (Lipinski definition) is 4. The number of carbonyl (C=O) groups excluding carboxylic acids is 1. The van der Waals surface area contributed by atoms with Crippen LogP contribution >= 0.6 is 22.9 Å². The van der Waals surface area contributed by atoms with Crippen LogP contribution in [0.15, 0.2) is 11.4 Å². The second-order valence-corrected chi connectivity index (χ2v) is 5.87. The maximum Gasteiger partial charge on any atom is 0.264 e. The van der Waals surface area contributed by atoms with Gasteiger partial charge >= 0.3 is 0 Å². The molecule has 1 aliphatic heterocycles. The van der Waals surface area contributed by atoms with E-state index in [2.05, 4.69) is 16.3 Å². The molecule has 2 rings (SSSR count). The van der Waals surface area contributed by atoms with Crippen molar-refractivity contribution in [3.05, 3.63) is 21.3 Å². The summed E-state index contributed by atoms with van der Waals surface area (Å²) in [5.74, 6) is -0.249. The molecule has 0 spiro atoms. The van der Waals surface area contributed by atoms with Gasteiger partial charge in [0.2, 0.25) is 0 Å². The van der Waals surface area contributed by atoms with Gasteiger partial charge in [-0.3, -0.25) is 4.79 Å². The van der Waals surface area contributed by atoms with Crippen molar-refractivity contribution >= 4 is 28.8 Å². The number of amides is 1. The molecule has 1 saturated heterocycles. The second kappa shape index (κ2) is 5.27. The summed E-state index contributed by atoms with van der Waals surface area (Å²) in [7, 11) is 2.01. The number of nitrogens with one attached hydrogen (secondary N) is 1. The summed E-state index contributed by atoms with van der Waals surface area (Å²) in [6.45, 7) is 1.62. The lowest BCUT2D eigenvalue weighted by atomic mass is 9.89. The highest BCUT2D eigenvalue weighted by atomic mass is 35.5. The van der Waals surface area contributed by atoms with Crippen LogP contribution in [0.4, 0.5) is 0 Å². The van der Waals surface area contributed by atoms with Gasteiger partial charge in [0.1, 0.15) is 10.4 Å². The molecule has 1 aliphatic rings. The normalized spacial score (nSPS) is 19.2. The van der Waals surface area contributed by atoms with E-state index in [0.717, 1.165) is 13.1 Å². The average Bonchev–Trinajstić information content (AvgIpc) is 2.79. The zero-order valence-electron chi connectivity index (χ0n) is 10.1. The van der Waals surface area contributed by atoms with Gasteiger partial charge in [-0.2, -0.15) is 5.26 Å². The van der Waals surface area contributed by atoms with Crippen LogP contribution < -0.4 is 5.32 Å². The molecule has 6 heteroatoms. The van der Waals surface area contributed by atoms with Gasteiger partial charge in [-0.05, 0) is 31.3 Å². The van der Waals surface area contributed by atoms with Crippen molar-refractivity contribution in [2.24, 2.45) is 0 Å². The summed E-state index contributed by atoms with van der Waals surface area (Å²) >= 11 is 7.21. The van der Waals surface area contributed by atoms with E-state index in [4.69, 9.17) is 11.6 Å². The maximum absolute atomic E-state index is 12.1. The van der Waals surface area contributed by atoms with Crippen molar-refractivity contribution < 1.29 is 4.79 Å². The maximum atomic E-state index is 12.1. The number of likely N-dealkylation sites (tertiary alicyclic amines) is 1. The Kier molecular flexibility index (Phi) is 3.91. The van der Waals surface area contributed by atoms with E-state index in [-0.39, 0.29) is 5.91 Å². The number of carbonyl (C=O) groups is 1. The Balaban J connectivity index is 2.10. The Labute approximate surface area is 115 Å². The van der Waals surface area contributed by atoms with Crippen LogP contribution in [0, 0.1) is 11.3 Å². The number of halogens is 1. The minimum atomic E-state index is -0.753. The zero-order chi connectivity index (χ0) is 13.2. The molecule has 0 aromatic carbocycles. The number of nitriles is 1. The Morgan fingerprint density at radius 1 is 1.61 bits per heavy atom. The van der Waals surface area contributed by atoms with Crippen molar-refractivity contribution in [1.82, 2.24) is 10.2 Å². The van der Waals surface area contributed by atoms with Gasteiger partial charge < -0.3 is 10.2 Å². The summed E-state index contributed by atoms with van der Waals surface area (Å²) < 4.78 is 0. The molecule has 0 atom stereocenters. The van der Waals surface area contributed by atoms with Gasteiger partial charge in [0.25, 0.3) is 5.91 Å². The Morgan fingerprint density at radius 3 is 2.78 bits per heavy atom. The molecule has 4 nitrogen and oxygen atoms in total. The summed E-state index contributed by atoms with van der Waals surface area (Å²) in [5, 5.41) is 14.4. The topological polar surface area (TPSA) is 56.1 Å². The highest BCUT2D eigenvalue weighted by Crippen LogP contribution is 2.25. The predicted octanol–water partition coefficient (Wildman–Crippen LogP) is 2.12. The number of rotatable bonds is 2. The largest absolute Gasteiger partial charge is 0.333 e. The van der Waals surface area contributed by atoms with Gasteiger partial charge in [-0.15, -0.1) is 11.3 Å². The standard InChI is InChI=1S/C12H14ClN3OS/c1-16-5-3-12(8-14,4-6-16)15-11(17)10-9(13)2-7-18-10/h2,7H,3-6H2,1H3,(H,15,17). The Morgan fingerprint density at radius 2 is 2.28 bits per heavy atom. The van der Waals surface area contributed by atoms with Crippen molar-refractivity contribution in [1.29, 1.82) is 5.26 Å². The zero-order valence-corrected chi connectivity index (χ0v) is 11.6. The number of piperidine rings is 1. The molecule has 1 N–H and O–H groups in total. The fourth-order valence-corrected chi connectivity index (χ4v) is 3.03. The SMILES string of the molecule is CN1CCC(C#N)(NC(=O)c2sccc2Cl)CC1. The van der Waals surface area contributed by atoms with E-state index in [1.807, 2.05) is 7.05 Å². The lowest BCUT2D eigenvalue weighted by Gasteiger charge is -2.35. The molecular weight excluding hydrogens is 270 g/mol. The summed E-state index contributed by atoms with van der Waals surface area (Å²) in [4.78, 5) is 14.7. The quantitative estimate of drug-likeness (QED) is 0.904. The molecule has 18 heavy (non-hydrogen) atoms. The Bertz CT molecular complexity index is 486. The van der Waals surface area contributed by atoms with E-state index in [0.29, 0.717) is 22.7 Å². The van der Waals surface area contributed by atoms with Gasteiger partial charge in [-0.1, -0.05) is 11.6 Å². The second-order valence-electron chi connectivity index (χ2n) is 4.55. The van der Waals surface area contributed by atoms with Crippen molar-refractivity contribution in [3.8, 4) is 6.07 Å². The van der Waals surface area contributed by atoms with E-state index in [1.165, 1.54) is 11.3 Å². The molecule has 1 amide bonds. The first-order valence-corrected chi connectivity index (χ1v) is 6.97. The highest BCUT2D eigenvalue weighted by molar-refractivity contribution is 7.12. The van der Waals surface area contributed by atoms with E-state index >= 15 is 0 Å². The molecule has 2 heterocycles. The smallest absolute Gasteiger partial charge is 0.264 e. The van der Waals surface area contributed by atoms with Crippen LogP contribution in [0.5, 0.6) is 0 Å². The van der Waals surface area contributed by atoms with Gasteiger partial charge in [0.05, 0.1) is 11.1 Å². The molecule has 0 aliphatic carbocycles. The van der Waals surface area contributed by atoms with Crippen molar-refractivity contribution in [2.75, 3.05) is 20.1 Å².